The number of aromatic nitrogens is 12. The predicted octanol–water partition coefficient (Wildman–Crippen LogP) is 6.39. The van der Waals surface area contributed by atoms with Gasteiger partial charge in [0, 0.05) is 71.7 Å². The van der Waals surface area contributed by atoms with Crippen molar-refractivity contribution in [3.63, 3.8) is 0 Å². The maximum absolute atomic E-state index is 13.0. The van der Waals surface area contributed by atoms with Gasteiger partial charge in [-0.2, -0.15) is 20.4 Å². The number of hydrogen-bond acceptors (Lipinski definition) is 23. The van der Waals surface area contributed by atoms with Gasteiger partial charge in [-0.3, -0.25) is 14.4 Å². The number of aliphatic hydroxyl groups is 3. The zero-order valence-corrected chi connectivity index (χ0v) is 57.2. The smallest absolute Gasteiger partial charge is 0.359 e. The molecule has 32 nitrogen and oxygen atoms in total. The number of esters is 3. The van der Waals surface area contributed by atoms with Crippen LogP contribution >= 0.6 is 0 Å². The largest absolute Gasteiger partial charge is 0.477 e. The lowest BCUT2D eigenvalue weighted by Crippen LogP contribution is -2.34. The van der Waals surface area contributed by atoms with Crippen molar-refractivity contribution in [3.8, 4) is 0 Å². The van der Waals surface area contributed by atoms with Crippen molar-refractivity contribution in [1.82, 2.24) is 74.3 Å². The quantitative estimate of drug-likeness (QED) is 0.0458. The third-order valence-corrected chi connectivity index (χ3v) is 17.8. The van der Waals surface area contributed by atoms with Gasteiger partial charge in [0.2, 0.25) is 0 Å². The number of aliphatic hydroxyl groups excluding tert-OH is 3. The highest BCUT2D eigenvalue weighted by molar-refractivity contribution is 5.96. The molecule has 3 amide bonds. The molecule has 0 saturated heterocycles. The number of carboxylic acid groups (broad SMARTS) is 2. The minimum atomic E-state index is -1.16. The minimum absolute atomic E-state index is 0.0351. The maximum Gasteiger partial charge on any atom is 0.359 e. The molecule has 9 heterocycles. The average Bonchev–Trinajstić information content (AvgIpc) is 1.63. The number of aryl methyl sites for hydroxylation is 4. The Morgan fingerprint density at radius 3 is 1.10 bits per heavy atom. The molecule has 3 aliphatic rings. The van der Waals surface area contributed by atoms with Crippen LogP contribution in [0.2, 0.25) is 0 Å². The van der Waals surface area contributed by atoms with Gasteiger partial charge in [0.15, 0.2) is 51.1 Å². The maximum atomic E-state index is 13.0. The van der Waals surface area contributed by atoms with Crippen LogP contribution in [-0.2, 0) is 40.1 Å². The normalized spacial score (nSPS) is 16.7. The van der Waals surface area contributed by atoms with E-state index in [1.54, 1.807) is 39.8 Å². The Kier molecular flexibility index (Phi) is 19.7. The molecule has 32 heteroatoms. The van der Waals surface area contributed by atoms with Crippen molar-refractivity contribution in [1.29, 1.82) is 0 Å². The molecule has 0 aliphatic heterocycles. The lowest BCUT2D eigenvalue weighted by Gasteiger charge is -2.18. The third kappa shape index (κ3) is 14.5. The van der Waals surface area contributed by atoms with Crippen molar-refractivity contribution in [2.24, 2.45) is 0 Å². The van der Waals surface area contributed by atoms with E-state index in [2.05, 4.69) is 65.8 Å². The van der Waals surface area contributed by atoms with Gasteiger partial charge < -0.3 is 60.1 Å². The van der Waals surface area contributed by atoms with Gasteiger partial charge in [-0.15, -0.1) is 0 Å². The number of carbonyl (C=O) groups is 8. The molecule has 8 N–H and O–H groups in total. The minimum Gasteiger partial charge on any atom is -0.477 e. The number of carboxylic acids is 2. The molecule has 13 aromatic rings. The van der Waals surface area contributed by atoms with Crippen molar-refractivity contribution in [3.05, 3.63) is 259 Å². The van der Waals surface area contributed by atoms with Crippen LogP contribution in [0.4, 0.5) is 0 Å². The number of ether oxygens (including phenoxy) is 3. The fourth-order valence-electron chi connectivity index (χ4n) is 12.8. The SMILES string of the molecule is COC(=O)c1cc2nc(C(=O)NC3c4ccccc4CC3O)cc(C)n2n1.COC(=O)c1cc2nc(C(=O)O)cc(C)n2n1.Cc1cc(C(=O)NC2c3ccccc3CC2O)nc2cc(C(=O)O)nn12.Cc1cc(C(=O)NC2c3ccccc3CC2O)nc2cc(C(=O)OCc3cc4ccccc4o3)nn12. The number of rotatable bonds is 13. The fraction of sp³-hybridized carbons (Fsp3) is 0.216. The molecule has 16 rings (SSSR count). The zero-order chi connectivity index (χ0) is 74.9. The van der Waals surface area contributed by atoms with E-state index in [0.717, 1.165) is 44.3 Å². The second-order valence-corrected chi connectivity index (χ2v) is 25.0. The highest BCUT2D eigenvalue weighted by Gasteiger charge is 2.36. The Labute approximate surface area is 598 Å². The van der Waals surface area contributed by atoms with E-state index in [1.807, 2.05) is 103 Å². The molecule has 4 aromatic carbocycles. The summed E-state index contributed by atoms with van der Waals surface area (Å²) in [5.74, 6) is -4.81. The number of fused-ring (bicyclic) bond motifs is 8. The van der Waals surface area contributed by atoms with Crippen LogP contribution < -0.4 is 16.0 Å². The number of amides is 3. The molecule has 9 aromatic heterocycles. The van der Waals surface area contributed by atoms with Gasteiger partial charge in [-0.1, -0.05) is 91.0 Å². The molecule has 0 spiro atoms. The van der Waals surface area contributed by atoms with Crippen LogP contribution in [0.15, 0.2) is 156 Å². The number of methoxy groups -OCH3 is 2. The number of carbonyl (C=O) groups excluding carboxylic acids is 6. The van der Waals surface area contributed by atoms with E-state index in [9.17, 15) is 53.7 Å². The van der Waals surface area contributed by atoms with E-state index in [4.69, 9.17) is 19.4 Å². The first kappa shape index (κ1) is 71.0. The van der Waals surface area contributed by atoms with Crippen molar-refractivity contribution >= 4 is 81.1 Å². The average molecular weight is 1440 g/mol. The Hall–Kier alpha value is -13.5. The molecule has 0 bridgehead atoms. The lowest BCUT2D eigenvalue weighted by atomic mass is 10.1. The standard InChI is InChI=1S/C27H22N4O5.C19H18N4O4.C18H16N4O4.C10H9N3O4/c1-15-10-20(26(33)29-25-19-8-4-2-6-16(19)12-22(25)32)28-24-13-21(30-31(15)24)27(34)35-14-18-11-17-7-3-5-9-23(17)36-18;1-10-7-13(20-16-9-14(19(26)27-2)22-23(10)16)18(25)21-17-12-6-4-3-5-11(12)8-15(17)24;1-9-6-12(19-15-8-13(18(25)26)21-22(9)15)17(24)20-16-11-5-3-2-4-10(11)7-14(16)23;1-5-3-6(9(14)15)11-8-4-7(10(16)17-2)12-13(5)8/h2-11,13,22,25,32H,12,14H2,1H3,(H,29,33);3-7,9,15,17,24H,8H2,1-2H3,(H,21,25);2-6,8,14,16,23H,7H2,1H3,(H,20,24)(H,25,26);3-4H,1-2H3,(H,14,15). The number of furan rings is 1. The number of hydrogen-bond donors (Lipinski definition) is 8. The lowest BCUT2D eigenvalue weighted by molar-refractivity contribution is 0.0438. The van der Waals surface area contributed by atoms with Crippen molar-refractivity contribution < 1.29 is 82.5 Å². The zero-order valence-electron chi connectivity index (χ0n) is 57.2. The topological polar surface area (TPSA) is 435 Å². The van der Waals surface area contributed by atoms with Gasteiger partial charge in [-0.05, 0) is 97.5 Å². The summed E-state index contributed by atoms with van der Waals surface area (Å²) >= 11 is 0. The number of benzene rings is 4. The van der Waals surface area contributed by atoms with E-state index < -0.39 is 84.0 Å². The summed E-state index contributed by atoms with van der Waals surface area (Å²) in [5.41, 5.74) is 10.7. The molecule has 3 aliphatic carbocycles. The van der Waals surface area contributed by atoms with Gasteiger partial charge in [0.25, 0.3) is 17.7 Å². The van der Waals surface area contributed by atoms with Gasteiger partial charge in [0.05, 0.1) is 50.7 Å². The monoisotopic (exact) mass is 1440 g/mol. The van der Waals surface area contributed by atoms with Gasteiger partial charge in [-0.25, -0.2) is 62.0 Å². The van der Waals surface area contributed by atoms with Gasteiger partial charge in [0.1, 0.15) is 35.0 Å². The second-order valence-electron chi connectivity index (χ2n) is 25.0. The summed E-state index contributed by atoms with van der Waals surface area (Å²) in [6, 6.07) is 42.4. The van der Waals surface area contributed by atoms with E-state index in [0.29, 0.717) is 64.7 Å². The second kappa shape index (κ2) is 29.5. The molecule has 0 fully saturated rings. The van der Waals surface area contributed by atoms with Crippen molar-refractivity contribution in [2.75, 3.05) is 14.2 Å². The summed E-state index contributed by atoms with van der Waals surface area (Å²) in [6.07, 6.45) is -0.630. The molecular formula is C74H65N15O17. The first-order valence-electron chi connectivity index (χ1n) is 32.9. The molecule has 106 heavy (non-hydrogen) atoms. The highest BCUT2D eigenvalue weighted by atomic mass is 16.5. The molecule has 6 unspecified atom stereocenters. The van der Waals surface area contributed by atoms with E-state index in [-0.39, 0.29) is 57.8 Å². The van der Waals surface area contributed by atoms with E-state index >= 15 is 0 Å². The molecular weight excluding hydrogens is 1370 g/mol. The number of aromatic carboxylic acids is 2. The van der Waals surface area contributed by atoms with Gasteiger partial charge >= 0.3 is 29.8 Å². The number of nitrogens with one attached hydrogen (secondary N) is 3. The fourth-order valence-corrected chi connectivity index (χ4v) is 12.8. The molecule has 0 radical (unpaired) electrons. The van der Waals surface area contributed by atoms with Crippen LogP contribution in [0.3, 0.4) is 0 Å². The summed E-state index contributed by atoms with van der Waals surface area (Å²) in [6.45, 7) is 6.88. The Balaban J connectivity index is 0.000000129. The first-order valence-corrected chi connectivity index (χ1v) is 32.9. The molecule has 6 atom stereocenters. The Morgan fingerprint density at radius 1 is 0.415 bits per heavy atom. The van der Waals surface area contributed by atoms with E-state index in [1.165, 1.54) is 68.7 Å². The first-order chi connectivity index (χ1) is 50.9. The highest BCUT2D eigenvalue weighted by Crippen LogP contribution is 2.34. The van der Waals surface area contributed by atoms with Crippen LogP contribution in [0.5, 0.6) is 0 Å². The molecule has 0 saturated carbocycles. The summed E-state index contributed by atoms with van der Waals surface area (Å²) in [5, 5.41) is 74.8. The Morgan fingerprint density at radius 2 is 0.736 bits per heavy atom. The summed E-state index contributed by atoms with van der Waals surface area (Å²) < 4.78 is 26.0. The Bertz CT molecular complexity index is 5670. The predicted molar refractivity (Wildman–Crippen MR) is 372 cm³/mol. The van der Waals surface area contributed by atoms with Crippen LogP contribution in [0.1, 0.15) is 164 Å². The van der Waals surface area contributed by atoms with Crippen LogP contribution in [-0.4, -0.2) is 164 Å². The molecule has 538 valence electrons. The number of para-hydroxylation sites is 1. The van der Waals surface area contributed by atoms with Crippen LogP contribution in [0, 0.1) is 27.7 Å². The summed E-state index contributed by atoms with van der Waals surface area (Å²) in [4.78, 5) is 113. The third-order valence-electron chi connectivity index (χ3n) is 17.8. The van der Waals surface area contributed by atoms with Crippen molar-refractivity contribution in [2.45, 2.75) is 90.0 Å². The van der Waals surface area contributed by atoms with Crippen LogP contribution in [0.25, 0.3) is 33.6 Å². The summed E-state index contributed by atoms with van der Waals surface area (Å²) in [7, 11) is 2.52. The number of nitrogens with zero attached hydrogens (tertiary/aromatic N) is 12.